The van der Waals surface area contributed by atoms with Gasteiger partial charge in [0.25, 0.3) is 0 Å². The second-order valence-electron chi connectivity index (χ2n) is 8.13. The SMILES string of the molecule is O=C(Cc1cccc(Cl)c1)N1CCC(N2CCN(Cc3ccccc3)C(=O)C2=O)CC1. The van der Waals surface area contributed by atoms with E-state index in [-0.39, 0.29) is 11.9 Å². The number of carbonyl (C=O) groups is 3. The molecule has 4 rings (SSSR count). The number of nitrogens with zero attached hydrogens (tertiary/aromatic N) is 3. The lowest BCUT2D eigenvalue weighted by Crippen LogP contribution is -2.59. The molecule has 2 heterocycles. The smallest absolute Gasteiger partial charge is 0.312 e. The van der Waals surface area contributed by atoms with Gasteiger partial charge in [0.05, 0.1) is 6.42 Å². The average Bonchev–Trinajstić information content (AvgIpc) is 2.78. The summed E-state index contributed by atoms with van der Waals surface area (Å²) >= 11 is 6.01. The van der Waals surface area contributed by atoms with Crippen molar-refractivity contribution in [2.45, 2.75) is 31.8 Å². The van der Waals surface area contributed by atoms with Crippen LogP contribution in [0.15, 0.2) is 54.6 Å². The Labute approximate surface area is 187 Å². The van der Waals surface area contributed by atoms with Gasteiger partial charge in [-0.2, -0.15) is 0 Å². The Morgan fingerprint density at radius 3 is 2.29 bits per heavy atom. The average molecular weight is 440 g/mol. The number of amides is 3. The number of piperidine rings is 1. The molecular weight excluding hydrogens is 414 g/mol. The second kappa shape index (κ2) is 9.52. The van der Waals surface area contributed by atoms with Crippen molar-refractivity contribution in [3.8, 4) is 0 Å². The summed E-state index contributed by atoms with van der Waals surface area (Å²) in [5.41, 5.74) is 1.92. The van der Waals surface area contributed by atoms with Gasteiger partial charge < -0.3 is 14.7 Å². The van der Waals surface area contributed by atoms with Gasteiger partial charge in [-0.1, -0.05) is 54.1 Å². The number of likely N-dealkylation sites (tertiary alicyclic amines) is 1. The number of rotatable bonds is 5. The van der Waals surface area contributed by atoms with E-state index in [9.17, 15) is 14.4 Å². The molecule has 2 saturated heterocycles. The number of halogens is 1. The van der Waals surface area contributed by atoms with Crippen LogP contribution in [0.5, 0.6) is 0 Å². The summed E-state index contributed by atoms with van der Waals surface area (Å²) in [6.45, 7) is 2.72. The summed E-state index contributed by atoms with van der Waals surface area (Å²) in [6.07, 6.45) is 1.71. The second-order valence-corrected chi connectivity index (χ2v) is 8.57. The highest BCUT2D eigenvalue weighted by Gasteiger charge is 2.37. The van der Waals surface area contributed by atoms with Crippen LogP contribution >= 0.6 is 11.6 Å². The molecule has 0 aromatic heterocycles. The molecule has 0 spiro atoms. The third kappa shape index (κ3) is 5.07. The molecule has 0 N–H and O–H groups in total. The lowest BCUT2D eigenvalue weighted by atomic mass is 10.0. The first-order valence-corrected chi connectivity index (χ1v) is 11.0. The highest BCUT2D eigenvalue weighted by Crippen LogP contribution is 2.21. The minimum Gasteiger partial charge on any atom is -0.342 e. The molecule has 0 atom stereocenters. The summed E-state index contributed by atoms with van der Waals surface area (Å²) in [5, 5.41) is 0.624. The predicted octanol–water partition coefficient (Wildman–Crippen LogP) is 2.74. The van der Waals surface area contributed by atoms with E-state index in [0.29, 0.717) is 57.0 Å². The Hall–Kier alpha value is -2.86. The molecule has 2 fully saturated rings. The molecule has 2 aromatic carbocycles. The van der Waals surface area contributed by atoms with Gasteiger partial charge in [0.1, 0.15) is 0 Å². The molecule has 0 radical (unpaired) electrons. The minimum absolute atomic E-state index is 0.00513. The minimum atomic E-state index is -0.436. The van der Waals surface area contributed by atoms with Crippen molar-refractivity contribution in [3.05, 3.63) is 70.7 Å². The van der Waals surface area contributed by atoms with Gasteiger partial charge in [-0.05, 0) is 36.1 Å². The first-order valence-electron chi connectivity index (χ1n) is 10.7. The molecule has 6 nitrogen and oxygen atoms in total. The van der Waals surface area contributed by atoms with Crippen molar-refractivity contribution >= 4 is 29.3 Å². The van der Waals surface area contributed by atoms with E-state index in [0.717, 1.165) is 11.1 Å². The number of piperazine rings is 1. The summed E-state index contributed by atoms with van der Waals surface area (Å²) < 4.78 is 0. The predicted molar refractivity (Wildman–Crippen MR) is 118 cm³/mol. The maximum absolute atomic E-state index is 12.8. The van der Waals surface area contributed by atoms with Crippen LogP contribution in [0.1, 0.15) is 24.0 Å². The van der Waals surface area contributed by atoms with Crippen LogP contribution in [0, 0.1) is 0 Å². The number of carbonyl (C=O) groups excluding carboxylic acids is 3. The topological polar surface area (TPSA) is 60.9 Å². The van der Waals surface area contributed by atoms with Crippen molar-refractivity contribution in [2.24, 2.45) is 0 Å². The monoisotopic (exact) mass is 439 g/mol. The molecular formula is C24H26ClN3O3. The fraction of sp³-hybridized carbons (Fsp3) is 0.375. The number of hydrogen-bond acceptors (Lipinski definition) is 3. The van der Waals surface area contributed by atoms with E-state index in [2.05, 4.69) is 0 Å². The zero-order valence-electron chi connectivity index (χ0n) is 17.4. The van der Waals surface area contributed by atoms with Crippen molar-refractivity contribution in [1.29, 1.82) is 0 Å². The Morgan fingerprint density at radius 2 is 1.58 bits per heavy atom. The maximum Gasteiger partial charge on any atom is 0.312 e. The van der Waals surface area contributed by atoms with Crippen LogP contribution in [-0.4, -0.2) is 64.6 Å². The van der Waals surface area contributed by atoms with E-state index in [4.69, 9.17) is 11.6 Å². The normalized spacial score (nSPS) is 17.9. The first kappa shape index (κ1) is 21.4. The molecule has 0 bridgehead atoms. The summed E-state index contributed by atoms with van der Waals surface area (Å²) in [6, 6.07) is 17.1. The van der Waals surface area contributed by atoms with Gasteiger partial charge in [-0.15, -0.1) is 0 Å². The van der Waals surface area contributed by atoms with Gasteiger partial charge in [0, 0.05) is 43.8 Å². The Balaban J connectivity index is 1.29. The van der Waals surface area contributed by atoms with E-state index < -0.39 is 11.8 Å². The summed E-state index contributed by atoms with van der Waals surface area (Å²) in [7, 11) is 0. The van der Waals surface area contributed by atoms with Crippen molar-refractivity contribution < 1.29 is 14.4 Å². The van der Waals surface area contributed by atoms with Crippen LogP contribution in [0.4, 0.5) is 0 Å². The lowest BCUT2D eigenvalue weighted by molar-refractivity contribution is -0.159. The molecule has 0 unspecified atom stereocenters. The summed E-state index contributed by atoms with van der Waals surface area (Å²) in [5.74, 6) is -0.795. The van der Waals surface area contributed by atoms with E-state index >= 15 is 0 Å². The highest BCUT2D eigenvalue weighted by molar-refractivity contribution is 6.35. The fourth-order valence-electron chi connectivity index (χ4n) is 4.35. The van der Waals surface area contributed by atoms with Crippen molar-refractivity contribution in [2.75, 3.05) is 26.2 Å². The zero-order chi connectivity index (χ0) is 21.8. The molecule has 2 aliphatic heterocycles. The Kier molecular flexibility index (Phi) is 6.56. The number of hydrogen-bond donors (Lipinski definition) is 0. The fourth-order valence-corrected chi connectivity index (χ4v) is 4.57. The van der Waals surface area contributed by atoms with Crippen LogP contribution in [0.3, 0.4) is 0 Å². The van der Waals surface area contributed by atoms with E-state index in [1.807, 2.05) is 53.4 Å². The number of benzene rings is 2. The van der Waals surface area contributed by atoms with Gasteiger partial charge in [0.2, 0.25) is 5.91 Å². The van der Waals surface area contributed by atoms with Gasteiger partial charge in [-0.3, -0.25) is 14.4 Å². The molecule has 162 valence electrons. The molecule has 0 aliphatic carbocycles. The van der Waals surface area contributed by atoms with Gasteiger partial charge >= 0.3 is 11.8 Å². The van der Waals surface area contributed by atoms with Gasteiger partial charge in [0.15, 0.2) is 0 Å². The standard InChI is InChI=1S/C24H26ClN3O3/c25-20-8-4-7-19(15-20)16-22(29)26-11-9-21(10-12-26)28-14-13-27(23(30)24(28)31)17-18-5-2-1-3-6-18/h1-8,15,21H,9-14,16-17H2. The largest absolute Gasteiger partial charge is 0.342 e. The molecule has 7 heteroatoms. The lowest BCUT2D eigenvalue weighted by Gasteiger charge is -2.42. The first-order chi connectivity index (χ1) is 15.0. The van der Waals surface area contributed by atoms with Crippen LogP contribution in [0.2, 0.25) is 5.02 Å². The molecule has 2 aromatic rings. The highest BCUT2D eigenvalue weighted by atomic mass is 35.5. The molecule has 0 saturated carbocycles. The third-order valence-electron chi connectivity index (χ3n) is 6.06. The molecule has 3 amide bonds. The van der Waals surface area contributed by atoms with Crippen molar-refractivity contribution in [1.82, 2.24) is 14.7 Å². The van der Waals surface area contributed by atoms with Crippen LogP contribution in [0.25, 0.3) is 0 Å². The molecule has 2 aliphatic rings. The third-order valence-corrected chi connectivity index (χ3v) is 6.30. The Bertz CT molecular complexity index is 958. The zero-order valence-corrected chi connectivity index (χ0v) is 18.1. The maximum atomic E-state index is 12.8. The molecule has 31 heavy (non-hydrogen) atoms. The Morgan fingerprint density at radius 1 is 0.871 bits per heavy atom. The van der Waals surface area contributed by atoms with E-state index in [1.54, 1.807) is 15.9 Å². The van der Waals surface area contributed by atoms with Crippen molar-refractivity contribution in [3.63, 3.8) is 0 Å². The van der Waals surface area contributed by atoms with E-state index in [1.165, 1.54) is 0 Å². The van der Waals surface area contributed by atoms with Crippen LogP contribution < -0.4 is 0 Å². The summed E-state index contributed by atoms with van der Waals surface area (Å²) in [4.78, 5) is 43.2. The van der Waals surface area contributed by atoms with Gasteiger partial charge in [-0.25, -0.2) is 0 Å². The van der Waals surface area contributed by atoms with Crippen LogP contribution in [-0.2, 0) is 27.3 Å². The quantitative estimate of drug-likeness (QED) is 0.673.